The van der Waals surface area contributed by atoms with Crippen LogP contribution in [0.5, 0.6) is 0 Å². The first kappa shape index (κ1) is 13.8. The molecular formula is C13H14N2O3. The molecule has 0 aliphatic heterocycles. The van der Waals surface area contributed by atoms with E-state index in [1.54, 1.807) is 13.0 Å². The normalized spacial score (nSPS) is 11.9. The van der Waals surface area contributed by atoms with Gasteiger partial charge >= 0.3 is 11.7 Å². The van der Waals surface area contributed by atoms with E-state index >= 15 is 0 Å². The number of benzene rings is 1. The zero-order valence-corrected chi connectivity index (χ0v) is 9.98. The number of aliphatic hydroxyl groups excluding tert-OH is 1. The van der Waals surface area contributed by atoms with Crippen LogP contribution >= 0.6 is 0 Å². The van der Waals surface area contributed by atoms with Gasteiger partial charge in [0.2, 0.25) is 0 Å². The summed E-state index contributed by atoms with van der Waals surface area (Å²) in [5, 5.41) is 9.69. The van der Waals surface area contributed by atoms with Crippen LogP contribution in [0.3, 0.4) is 0 Å². The average Bonchev–Trinajstić information content (AvgIpc) is 2.39. The van der Waals surface area contributed by atoms with Crippen molar-refractivity contribution in [2.24, 2.45) is 0 Å². The van der Waals surface area contributed by atoms with E-state index in [2.05, 4.69) is 9.53 Å². The molecular weight excluding hydrogens is 232 g/mol. The van der Waals surface area contributed by atoms with Crippen LogP contribution in [0.1, 0.15) is 12.5 Å². The van der Waals surface area contributed by atoms with Gasteiger partial charge < -0.3 is 15.4 Å². The summed E-state index contributed by atoms with van der Waals surface area (Å²) in [7, 11) is 0. The van der Waals surface area contributed by atoms with E-state index in [0.717, 1.165) is 5.56 Å². The Labute approximate surface area is 105 Å². The van der Waals surface area contributed by atoms with Gasteiger partial charge in [0.05, 0.1) is 6.61 Å². The molecule has 18 heavy (non-hydrogen) atoms. The predicted molar refractivity (Wildman–Crippen MR) is 66.7 cm³/mol. The molecule has 0 spiro atoms. The van der Waals surface area contributed by atoms with Crippen molar-refractivity contribution in [3.63, 3.8) is 0 Å². The summed E-state index contributed by atoms with van der Waals surface area (Å²) >= 11 is 0. The van der Waals surface area contributed by atoms with Crippen LogP contribution in [-0.2, 0) is 9.53 Å². The van der Waals surface area contributed by atoms with Gasteiger partial charge in [-0.1, -0.05) is 36.4 Å². The highest BCUT2D eigenvalue weighted by atomic mass is 16.5. The summed E-state index contributed by atoms with van der Waals surface area (Å²) < 4.78 is 4.64. The third-order valence-electron chi connectivity index (χ3n) is 2.14. The number of carbonyl (C=O) groups is 1. The molecule has 0 bridgehead atoms. The zero-order valence-electron chi connectivity index (χ0n) is 9.98. The Kier molecular flexibility index (Phi) is 5.51. The third-order valence-corrected chi connectivity index (χ3v) is 2.14. The first-order chi connectivity index (χ1) is 8.69. The molecule has 94 valence electrons. The lowest BCUT2D eigenvalue weighted by molar-refractivity contribution is -0.141. The summed E-state index contributed by atoms with van der Waals surface area (Å²) in [5.41, 5.74) is 9.10. The highest BCUT2D eigenvalue weighted by molar-refractivity contribution is 6.36. The van der Waals surface area contributed by atoms with Crippen molar-refractivity contribution in [1.29, 1.82) is 0 Å². The molecule has 0 radical (unpaired) electrons. The molecule has 1 aromatic rings. The van der Waals surface area contributed by atoms with Crippen LogP contribution < -0.4 is 0 Å². The SMILES string of the molecule is CCOC(=O)C(=[N+]=[N-])C(O)C=Cc1ccccc1. The van der Waals surface area contributed by atoms with Crippen LogP contribution in [0.4, 0.5) is 0 Å². The Morgan fingerprint density at radius 3 is 2.72 bits per heavy atom. The number of ether oxygens (including phenoxy) is 1. The van der Waals surface area contributed by atoms with Crippen molar-refractivity contribution in [1.82, 2.24) is 0 Å². The van der Waals surface area contributed by atoms with Crippen LogP contribution in [0, 0.1) is 0 Å². The first-order valence-corrected chi connectivity index (χ1v) is 5.49. The van der Waals surface area contributed by atoms with E-state index in [0.29, 0.717) is 0 Å². The van der Waals surface area contributed by atoms with Crippen molar-refractivity contribution >= 4 is 17.8 Å². The number of hydrogen-bond donors (Lipinski definition) is 1. The minimum absolute atomic E-state index is 0.146. The quantitative estimate of drug-likeness (QED) is 0.368. The Morgan fingerprint density at radius 1 is 1.50 bits per heavy atom. The van der Waals surface area contributed by atoms with Crippen LogP contribution in [0.25, 0.3) is 11.6 Å². The average molecular weight is 246 g/mol. The lowest BCUT2D eigenvalue weighted by Gasteiger charge is -2.00. The second kappa shape index (κ2) is 7.17. The van der Waals surface area contributed by atoms with Gasteiger partial charge in [0, 0.05) is 0 Å². The van der Waals surface area contributed by atoms with Crippen molar-refractivity contribution in [3.05, 3.63) is 47.5 Å². The van der Waals surface area contributed by atoms with E-state index in [1.807, 2.05) is 30.3 Å². The molecule has 1 rings (SSSR count). The highest BCUT2D eigenvalue weighted by Crippen LogP contribution is 2.03. The Morgan fingerprint density at radius 2 is 2.17 bits per heavy atom. The molecule has 5 nitrogen and oxygen atoms in total. The number of aliphatic hydroxyl groups is 1. The second-order valence-corrected chi connectivity index (χ2v) is 3.42. The maximum absolute atomic E-state index is 11.3. The van der Waals surface area contributed by atoms with Gasteiger partial charge in [0.15, 0.2) is 6.10 Å². The molecule has 0 saturated carbocycles. The van der Waals surface area contributed by atoms with Gasteiger partial charge in [-0.3, -0.25) is 0 Å². The van der Waals surface area contributed by atoms with Gasteiger partial charge in [-0.25, -0.2) is 4.79 Å². The molecule has 5 heteroatoms. The summed E-state index contributed by atoms with van der Waals surface area (Å²) in [6, 6.07) is 9.23. The fourth-order valence-electron chi connectivity index (χ4n) is 1.28. The molecule has 1 N–H and O–H groups in total. The van der Waals surface area contributed by atoms with Crippen molar-refractivity contribution in [2.75, 3.05) is 6.61 Å². The van der Waals surface area contributed by atoms with Gasteiger partial charge in [0.1, 0.15) is 0 Å². The van der Waals surface area contributed by atoms with E-state index in [-0.39, 0.29) is 6.61 Å². The van der Waals surface area contributed by atoms with E-state index in [4.69, 9.17) is 5.53 Å². The lowest BCUT2D eigenvalue weighted by Crippen LogP contribution is -2.29. The number of rotatable bonds is 5. The minimum atomic E-state index is -1.31. The van der Waals surface area contributed by atoms with Crippen molar-refractivity contribution < 1.29 is 19.4 Å². The molecule has 1 unspecified atom stereocenters. The predicted octanol–water partition coefficient (Wildman–Crippen LogP) is 1.29. The topological polar surface area (TPSA) is 82.9 Å². The van der Waals surface area contributed by atoms with Crippen LogP contribution in [0.15, 0.2) is 36.4 Å². The van der Waals surface area contributed by atoms with E-state index in [9.17, 15) is 9.90 Å². The molecule has 0 saturated heterocycles. The Hall–Kier alpha value is -2.23. The fourth-order valence-corrected chi connectivity index (χ4v) is 1.28. The number of carbonyl (C=O) groups excluding carboxylic acids is 1. The number of esters is 1. The summed E-state index contributed by atoms with van der Waals surface area (Å²) in [4.78, 5) is 14.1. The zero-order chi connectivity index (χ0) is 13.4. The van der Waals surface area contributed by atoms with Crippen LogP contribution in [-0.4, -0.2) is 34.3 Å². The van der Waals surface area contributed by atoms with Gasteiger partial charge in [-0.15, -0.1) is 0 Å². The van der Waals surface area contributed by atoms with Crippen molar-refractivity contribution in [2.45, 2.75) is 13.0 Å². The van der Waals surface area contributed by atoms with Crippen molar-refractivity contribution in [3.8, 4) is 0 Å². The van der Waals surface area contributed by atoms with Gasteiger partial charge in [0.25, 0.3) is 0 Å². The Bertz CT molecular complexity index is 476. The molecule has 1 aromatic carbocycles. The molecule has 0 aliphatic carbocycles. The molecule has 0 heterocycles. The largest absolute Gasteiger partial charge is 0.457 e. The molecule has 0 fully saturated rings. The van der Waals surface area contributed by atoms with E-state index < -0.39 is 17.8 Å². The maximum Gasteiger partial charge on any atom is 0.420 e. The summed E-state index contributed by atoms with van der Waals surface area (Å²) in [6.45, 7) is 1.77. The monoisotopic (exact) mass is 246 g/mol. The highest BCUT2D eigenvalue weighted by Gasteiger charge is 2.28. The number of hydrogen-bond acceptors (Lipinski definition) is 3. The van der Waals surface area contributed by atoms with Gasteiger partial charge in [-0.2, -0.15) is 4.79 Å². The molecule has 0 amide bonds. The molecule has 0 aromatic heterocycles. The smallest absolute Gasteiger partial charge is 0.420 e. The van der Waals surface area contributed by atoms with E-state index in [1.165, 1.54) is 6.08 Å². The summed E-state index contributed by atoms with van der Waals surface area (Å²) in [5.74, 6) is -0.842. The molecule has 0 aliphatic rings. The lowest BCUT2D eigenvalue weighted by atomic mass is 10.1. The first-order valence-electron chi connectivity index (χ1n) is 5.49. The van der Waals surface area contributed by atoms with Gasteiger partial charge in [-0.05, 0) is 18.6 Å². The maximum atomic E-state index is 11.3. The third kappa shape index (κ3) is 3.97. The Balaban J connectivity index is 2.75. The second-order valence-electron chi connectivity index (χ2n) is 3.42. The molecule has 1 atom stereocenters. The standard InChI is InChI=1S/C13H14N2O3/c1-2-18-13(17)12(15-14)11(16)9-8-10-6-4-3-5-7-10/h3-9,11,16H,2H2,1H3. The van der Waals surface area contributed by atoms with Crippen LogP contribution in [0.2, 0.25) is 0 Å². The number of nitrogens with zero attached hydrogens (tertiary/aromatic N) is 2. The fraction of sp³-hybridized carbons (Fsp3) is 0.231. The summed E-state index contributed by atoms with van der Waals surface area (Å²) in [6.07, 6.45) is 1.66. The minimum Gasteiger partial charge on any atom is -0.457 e.